The molecular weight excluding hydrogens is 296 g/mol. The molecule has 1 unspecified atom stereocenters. The van der Waals surface area contributed by atoms with Crippen LogP contribution in [-0.2, 0) is 14.6 Å². The smallest absolute Gasteiger partial charge is 0.303 e. The number of aliphatic carboxylic acids is 1. The Hall–Kier alpha value is -1.93. The predicted octanol–water partition coefficient (Wildman–Crippen LogP) is 0.360. The lowest BCUT2D eigenvalue weighted by atomic mass is 10.2. The maximum atomic E-state index is 11.9. The molecule has 0 saturated heterocycles. The molecule has 0 aliphatic carbocycles. The fourth-order valence-corrected chi connectivity index (χ4v) is 2.28. The van der Waals surface area contributed by atoms with Crippen molar-refractivity contribution in [1.29, 1.82) is 0 Å². The van der Waals surface area contributed by atoms with Crippen LogP contribution in [0.2, 0.25) is 0 Å². The Bertz CT molecular complexity index is 610. The van der Waals surface area contributed by atoms with Gasteiger partial charge in [0.2, 0.25) is 0 Å². The molecule has 0 heterocycles. The Balaban J connectivity index is 2.57. The van der Waals surface area contributed by atoms with Crippen molar-refractivity contribution in [3.63, 3.8) is 0 Å². The van der Waals surface area contributed by atoms with Crippen molar-refractivity contribution in [3.05, 3.63) is 29.8 Å². The molecule has 1 aromatic carbocycles. The number of benzene rings is 1. The number of hydrogen-bond acceptors (Lipinski definition) is 5. The molecule has 0 aliphatic heterocycles. The van der Waals surface area contributed by atoms with E-state index in [-0.39, 0.29) is 16.9 Å². The highest BCUT2D eigenvalue weighted by atomic mass is 32.2. The van der Waals surface area contributed by atoms with E-state index in [9.17, 15) is 18.0 Å². The number of amides is 1. The highest BCUT2D eigenvalue weighted by Gasteiger charge is 2.12. The van der Waals surface area contributed by atoms with Gasteiger partial charge in [-0.2, -0.15) is 0 Å². The number of rotatable bonds is 7. The Morgan fingerprint density at radius 3 is 2.33 bits per heavy atom. The standard InChI is InChI=1S/C13H18N2O5S/c1-21(19,20)10-7-5-9(6-8-10)13(18)15-11(14)3-2-4-12(16)17/h5-8,11H,2-4,14H2,1H3,(H,15,18)(H,16,17). The molecule has 116 valence electrons. The zero-order valence-electron chi connectivity index (χ0n) is 11.6. The van der Waals surface area contributed by atoms with Crippen LogP contribution in [0.4, 0.5) is 0 Å². The zero-order chi connectivity index (χ0) is 16.0. The van der Waals surface area contributed by atoms with Gasteiger partial charge in [-0.3, -0.25) is 9.59 Å². The number of carbonyl (C=O) groups excluding carboxylic acids is 1. The van der Waals surface area contributed by atoms with Gasteiger partial charge in [0.05, 0.1) is 11.1 Å². The van der Waals surface area contributed by atoms with Gasteiger partial charge in [-0.05, 0) is 37.1 Å². The van der Waals surface area contributed by atoms with Crippen molar-refractivity contribution in [2.45, 2.75) is 30.3 Å². The Morgan fingerprint density at radius 1 is 1.29 bits per heavy atom. The van der Waals surface area contributed by atoms with E-state index in [1.54, 1.807) is 0 Å². The normalized spacial score (nSPS) is 12.7. The van der Waals surface area contributed by atoms with Crippen LogP contribution in [0.3, 0.4) is 0 Å². The SMILES string of the molecule is CS(=O)(=O)c1ccc(C(=O)NC(N)CCCC(=O)O)cc1. The van der Waals surface area contributed by atoms with E-state index < -0.39 is 27.9 Å². The molecule has 1 rings (SSSR count). The third-order valence-electron chi connectivity index (χ3n) is 2.77. The molecule has 1 atom stereocenters. The summed E-state index contributed by atoms with van der Waals surface area (Å²) in [4.78, 5) is 22.3. The Morgan fingerprint density at radius 2 is 1.86 bits per heavy atom. The van der Waals surface area contributed by atoms with E-state index in [2.05, 4.69) is 5.32 Å². The van der Waals surface area contributed by atoms with Crippen LogP contribution in [0, 0.1) is 0 Å². The van der Waals surface area contributed by atoms with Crippen molar-refractivity contribution >= 4 is 21.7 Å². The predicted molar refractivity (Wildman–Crippen MR) is 76.5 cm³/mol. The van der Waals surface area contributed by atoms with E-state index in [1.807, 2.05) is 0 Å². The molecule has 8 heteroatoms. The molecule has 0 aliphatic rings. The topological polar surface area (TPSA) is 127 Å². The van der Waals surface area contributed by atoms with Gasteiger partial charge >= 0.3 is 5.97 Å². The van der Waals surface area contributed by atoms with Crippen molar-refractivity contribution in [2.24, 2.45) is 5.73 Å². The second-order valence-electron chi connectivity index (χ2n) is 4.66. The average Bonchev–Trinajstić information content (AvgIpc) is 2.37. The van der Waals surface area contributed by atoms with Gasteiger partial charge in [0.15, 0.2) is 9.84 Å². The largest absolute Gasteiger partial charge is 0.481 e. The van der Waals surface area contributed by atoms with Crippen LogP contribution in [0.1, 0.15) is 29.6 Å². The monoisotopic (exact) mass is 314 g/mol. The number of carbonyl (C=O) groups is 2. The maximum Gasteiger partial charge on any atom is 0.303 e. The Kier molecular flexibility index (Phi) is 5.86. The fourth-order valence-electron chi connectivity index (χ4n) is 1.65. The summed E-state index contributed by atoms with van der Waals surface area (Å²) >= 11 is 0. The van der Waals surface area contributed by atoms with Crippen LogP contribution in [-0.4, -0.2) is 37.8 Å². The maximum absolute atomic E-state index is 11.9. The summed E-state index contributed by atoms with van der Waals surface area (Å²) in [6.45, 7) is 0. The highest BCUT2D eigenvalue weighted by molar-refractivity contribution is 7.90. The zero-order valence-corrected chi connectivity index (χ0v) is 12.4. The van der Waals surface area contributed by atoms with Crippen LogP contribution in [0.15, 0.2) is 29.2 Å². The molecule has 0 aromatic heterocycles. The van der Waals surface area contributed by atoms with Gasteiger partial charge in [0, 0.05) is 18.2 Å². The molecule has 0 radical (unpaired) electrons. The molecule has 1 aromatic rings. The summed E-state index contributed by atoms with van der Waals surface area (Å²) in [5, 5.41) is 11.0. The van der Waals surface area contributed by atoms with Crippen molar-refractivity contribution in [1.82, 2.24) is 5.32 Å². The molecular formula is C13H18N2O5S. The van der Waals surface area contributed by atoms with Gasteiger partial charge in [0.25, 0.3) is 5.91 Å². The van der Waals surface area contributed by atoms with Crippen molar-refractivity contribution in [3.8, 4) is 0 Å². The molecule has 7 nitrogen and oxygen atoms in total. The third kappa shape index (κ3) is 5.92. The second-order valence-corrected chi connectivity index (χ2v) is 6.68. The Labute approximate surface area is 123 Å². The number of carboxylic acid groups (broad SMARTS) is 1. The van der Waals surface area contributed by atoms with E-state index in [1.165, 1.54) is 24.3 Å². The molecule has 0 saturated carbocycles. The quantitative estimate of drug-likeness (QED) is 0.624. The average molecular weight is 314 g/mol. The first kappa shape index (κ1) is 17.1. The number of nitrogens with two attached hydrogens (primary N) is 1. The second kappa shape index (κ2) is 7.19. The summed E-state index contributed by atoms with van der Waals surface area (Å²) in [6, 6.07) is 5.49. The molecule has 0 fully saturated rings. The van der Waals surface area contributed by atoms with Gasteiger partial charge in [0.1, 0.15) is 0 Å². The summed E-state index contributed by atoms with van der Waals surface area (Å²) in [7, 11) is -3.30. The number of carboxylic acids is 1. The molecule has 1 amide bonds. The van der Waals surface area contributed by atoms with E-state index in [0.29, 0.717) is 12.8 Å². The van der Waals surface area contributed by atoms with E-state index >= 15 is 0 Å². The van der Waals surface area contributed by atoms with Gasteiger partial charge in [-0.1, -0.05) is 0 Å². The van der Waals surface area contributed by atoms with Crippen molar-refractivity contribution in [2.75, 3.05) is 6.26 Å². The lowest BCUT2D eigenvalue weighted by Gasteiger charge is -2.13. The minimum atomic E-state index is -3.30. The number of hydrogen-bond donors (Lipinski definition) is 3. The van der Waals surface area contributed by atoms with Gasteiger partial charge in [-0.25, -0.2) is 8.42 Å². The summed E-state index contributed by atoms with van der Waals surface area (Å²) < 4.78 is 22.6. The van der Waals surface area contributed by atoms with Crippen LogP contribution >= 0.6 is 0 Å². The van der Waals surface area contributed by atoms with Crippen molar-refractivity contribution < 1.29 is 23.1 Å². The summed E-state index contributed by atoms with van der Waals surface area (Å²) in [5.41, 5.74) is 5.96. The number of sulfone groups is 1. The summed E-state index contributed by atoms with van der Waals surface area (Å²) in [5.74, 6) is -1.34. The lowest BCUT2D eigenvalue weighted by molar-refractivity contribution is -0.137. The molecule has 4 N–H and O–H groups in total. The van der Waals surface area contributed by atoms with E-state index in [4.69, 9.17) is 10.8 Å². The van der Waals surface area contributed by atoms with Crippen LogP contribution in [0.5, 0.6) is 0 Å². The minimum absolute atomic E-state index is 0.00731. The first-order chi connectivity index (χ1) is 9.70. The molecule has 0 bridgehead atoms. The molecule has 21 heavy (non-hydrogen) atoms. The van der Waals surface area contributed by atoms with Crippen LogP contribution in [0.25, 0.3) is 0 Å². The van der Waals surface area contributed by atoms with Crippen LogP contribution < -0.4 is 11.1 Å². The first-order valence-electron chi connectivity index (χ1n) is 6.28. The fraction of sp³-hybridized carbons (Fsp3) is 0.385. The van der Waals surface area contributed by atoms with Gasteiger partial charge < -0.3 is 16.2 Å². The highest BCUT2D eigenvalue weighted by Crippen LogP contribution is 2.10. The summed E-state index contributed by atoms with van der Waals surface area (Å²) in [6.07, 6.45) is 1.14. The minimum Gasteiger partial charge on any atom is -0.481 e. The first-order valence-corrected chi connectivity index (χ1v) is 8.17. The molecule has 0 spiro atoms. The van der Waals surface area contributed by atoms with E-state index in [0.717, 1.165) is 6.26 Å². The third-order valence-corrected chi connectivity index (χ3v) is 3.90. The number of nitrogens with one attached hydrogen (secondary N) is 1. The van der Waals surface area contributed by atoms with Gasteiger partial charge in [-0.15, -0.1) is 0 Å². The lowest BCUT2D eigenvalue weighted by Crippen LogP contribution is -2.41.